The van der Waals surface area contributed by atoms with E-state index in [0.29, 0.717) is 0 Å². The summed E-state index contributed by atoms with van der Waals surface area (Å²) in [6.45, 7) is 0. The van der Waals surface area contributed by atoms with Crippen molar-refractivity contribution in [2.75, 3.05) is 0 Å². The topological polar surface area (TPSA) is 0 Å². The highest BCUT2D eigenvalue weighted by Gasteiger charge is 2.87. The highest BCUT2D eigenvalue weighted by atomic mass is 19.4. The lowest BCUT2D eigenvalue weighted by Crippen LogP contribution is -2.66. The van der Waals surface area contributed by atoms with Crippen LogP contribution in [0.2, 0.25) is 0 Å². The van der Waals surface area contributed by atoms with Gasteiger partial charge in [-0.15, -0.1) is 0 Å². The van der Waals surface area contributed by atoms with Gasteiger partial charge in [-0.3, -0.25) is 0 Å². The SMILES string of the molecule is Fc1c(F)c(F)c(-c2c(F)c(F)c(F)c(F)c2C(=C(C(F)(C(F)(F)F)C(F)(F)F)C(F)(C(F)(F)F)C(F)(F)F)C(F)(F)F)c(F)c1F. The van der Waals surface area contributed by atoms with E-state index >= 15 is 8.78 Å². The molecular formula is C21F26. The molecule has 0 aliphatic rings. The Bertz CT molecular complexity index is 1510. The monoisotopic (exact) mass is 746 g/mol. The Morgan fingerprint density at radius 1 is 0.298 bits per heavy atom. The number of halogens is 26. The van der Waals surface area contributed by atoms with Crippen molar-refractivity contribution >= 4 is 5.57 Å². The van der Waals surface area contributed by atoms with Gasteiger partial charge in [0.1, 0.15) is 0 Å². The Balaban J connectivity index is 3.88. The van der Waals surface area contributed by atoms with Gasteiger partial charge in [-0.05, 0) is 0 Å². The molecule has 0 nitrogen and oxygen atoms in total. The number of hydrogen-bond donors (Lipinski definition) is 0. The highest BCUT2D eigenvalue weighted by Crippen LogP contribution is 2.65. The molecule has 26 heteroatoms. The van der Waals surface area contributed by atoms with Crippen molar-refractivity contribution < 1.29 is 114 Å². The van der Waals surface area contributed by atoms with Crippen LogP contribution in [-0.2, 0) is 0 Å². The molecule has 2 rings (SSSR count). The van der Waals surface area contributed by atoms with E-state index in [0.717, 1.165) is 0 Å². The van der Waals surface area contributed by atoms with Gasteiger partial charge in [0.25, 0.3) is 0 Å². The second-order valence-electron chi connectivity index (χ2n) is 8.51. The normalized spacial score (nSPS) is 14.2. The number of rotatable bonds is 4. The molecule has 0 atom stereocenters. The fourth-order valence-corrected chi connectivity index (χ4v) is 3.80. The maximum Gasteiger partial charge on any atom is 0.435 e. The average Bonchev–Trinajstić information content (AvgIpc) is 2.87. The van der Waals surface area contributed by atoms with Crippen molar-refractivity contribution in [2.24, 2.45) is 0 Å². The minimum atomic E-state index is -9.09. The first-order valence-electron chi connectivity index (χ1n) is 10.4. The molecule has 0 amide bonds. The molecule has 0 saturated carbocycles. The third-order valence-electron chi connectivity index (χ3n) is 5.76. The molecule has 0 saturated heterocycles. The van der Waals surface area contributed by atoms with Gasteiger partial charge in [0, 0.05) is 11.1 Å². The summed E-state index contributed by atoms with van der Waals surface area (Å²) >= 11 is 0. The summed E-state index contributed by atoms with van der Waals surface area (Å²) in [6, 6.07) is 0. The summed E-state index contributed by atoms with van der Waals surface area (Å²) in [7, 11) is 0. The van der Waals surface area contributed by atoms with Crippen LogP contribution in [-0.4, -0.2) is 42.2 Å². The number of allylic oxidation sites excluding steroid dienone is 2. The zero-order valence-electron chi connectivity index (χ0n) is 20.3. The van der Waals surface area contributed by atoms with E-state index in [-0.39, 0.29) is 0 Å². The minimum absolute atomic E-state index is 3.48. The summed E-state index contributed by atoms with van der Waals surface area (Å²) in [4.78, 5) is 0. The molecule has 0 bridgehead atoms. The van der Waals surface area contributed by atoms with Crippen molar-refractivity contribution in [2.45, 2.75) is 42.2 Å². The van der Waals surface area contributed by atoms with E-state index < -0.39 is 122 Å². The lowest BCUT2D eigenvalue weighted by Gasteiger charge is -2.42. The lowest BCUT2D eigenvalue weighted by atomic mass is 9.74. The van der Waals surface area contributed by atoms with E-state index in [1.165, 1.54) is 0 Å². The molecule has 0 spiro atoms. The minimum Gasteiger partial charge on any atom is -0.218 e. The molecule has 266 valence electrons. The fraction of sp³-hybridized carbons (Fsp3) is 0.333. The quantitative estimate of drug-likeness (QED) is 0.166. The van der Waals surface area contributed by atoms with Gasteiger partial charge in [-0.2, -0.15) is 65.9 Å². The van der Waals surface area contributed by atoms with Crippen molar-refractivity contribution in [3.05, 3.63) is 63.5 Å². The Morgan fingerprint density at radius 3 is 0.787 bits per heavy atom. The number of benzene rings is 2. The Hall–Kier alpha value is -3.64. The Labute approximate surface area is 237 Å². The van der Waals surface area contributed by atoms with E-state index in [9.17, 15) is 105 Å². The fourth-order valence-electron chi connectivity index (χ4n) is 3.80. The first kappa shape index (κ1) is 39.5. The molecule has 0 N–H and O–H groups in total. The smallest absolute Gasteiger partial charge is 0.218 e. The van der Waals surface area contributed by atoms with Gasteiger partial charge in [0.2, 0.25) is 5.82 Å². The van der Waals surface area contributed by atoms with Gasteiger partial charge in [-0.25, -0.2) is 48.3 Å². The van der Waals surface area contributed by atoms with Gasteiger partial charge in [0.15, 0.2) is 46.5 Å². The molecule has 47 heavy (non-hydrogen) atoms. The van der Waals surface area contributed by atoms with Crippen LogP contribution in [0.25, 0.3) is 16.7 Å². The predicted octanol–water partition coefficient (Wildman–Crippen LogP) is 10.6. The van der Waals surface area contributed by atoms with Crippen LogP contribution in [0.4, 0.5) is 114 Å². The molecule has 2 aromatic carbocycles. The predicted molar refractivity (Wildman–Crippen MR) is 96.4 cm³/mol. The zero-order chi connectivity index (χ0) is 37.6. The Morgan fingerprint density at radius 2 is 0.532 bits per heavy atom. The molecule has 0 heterocycles. The van der Waals surface area contributed by atoms with E-state index in [1.807, 2.05) is 0 Å². The van der Waals surface area contributed by atoms with Crippen LogP contribution < -0.4 is 0 Å². The van der Waals surface area contributed by atoms with Crippen LogP contribution in [0.15, 0.2) is 5.57 Å². The standard InChI is InChI=1S/C21F26/c22-5-1(3-7(24)11(28)13(30)12(29)8(3)25)2(6(23)10(27)9(5)26)4(17(33,34)35)14(15(31,18(36,37)38)19(39,40)41)16(32,20(42,43)44)21(45,46)47. The first-order valence-corrected chi connectivity index (χ1v) is 10.4. The van der Waals surface area contributed by atoms with E-state index in [2.05, 4.69) is 0 Å². The summed E-state index contributed by atoms with van der Waals surface area (Å²) in [5, 5.41) is 0. The van der Waals surface area contributed by atoms with Crippen molar-refractivity contribution in [3.8, 4) is 11.1 Å². The second kappa shape index (κ2) is 11.2. The van der Waals surface area contributed by atoms with Crippen molar-refractivity contribution in [1.29, 1.82) is 0 Å². The van der Waals surface area contributed by atoms with Crippen molar-refractivity contribution in [3.63, 3.8) is 0 Å². The third-order valence-corrected chi connectivity index (χ3v) is 5.76. The summed E-state index contributed by atoms with van der Waals surface area (Å²) < 4.78 is 362. The molecule has 0 aliphatic carbocycles. The van der Waals surface area contributed by atoms with Crippen molar-refractivity contribution in [1.82, 2.24) is 0 Å². The molecule has 2 aromatic rings. The van der Waals surface area contributed by atoms with Crippen LogP contribution in [0.5, 0.6) is 0 Å². The molecular weight excluding hydrogens is 746 g/mol. The maximum atomic E-state index is 15.0. The number of alkyl halides is 17. The van der Waals surface area contributed by atoms with E-state index in [4.69, 9.17) is 0 Å². The molecule has 0 aliphatic heterocycles. The summed E-state index contributed by atoms with van der Waals surface area (Å²) in [6.07, 6.45) is -43.3. The largest absolute Gasteiger partial charge is 0.435 e. The average molecular weight is 746 g/mol. The number of hydrogen-bond acceptors (Lipinski definition) is 0. The highest BCUT2D eigenvalue weighted by molar-refractivity contribution is 5.88. The lowest BCUT2D eigenvalue weighted by molar-refractivity contribution is -0.363. The maximum absolute atomic E-state index is 15.0. The van der Waals surface area contributed by atoms with Crippen LogP contribution in [0.1, 0.15) is 5.56 Å². The van der Waals surface area contributed by atoms with Gasteiger partial charge < -0.3 is 0 Å². The Kier molecular flexibility index (Phi) is 9.44. The van der Waals surface area contributed by atoms with Gasteiger partial charge >= 0.3 is 42.2 Å². The zero-order valence-corrected chi connectivity index (χ0v) is 20.3. The first-order chi connectivity index (χ1) is 20.6. The van der Waals surface area contributed by atoms with Gasteiger partial charge in [-0.1, -0.05) is 0 Å². The van der Waals surface area contributed by atoms with Gasteiger partial charge in [0.05, 0.1) is 16.7 Å². The molecule has 0 aromatic heterocycles. The van der Waals surface area contributed by atoms with Crippen LogP contribution in [0.3, 0.4) is 0 Å². The third kappa shape index (κ3) is 5.67. The van der Waals surface area contributed by atoms with E-state index in [1.54, 1.807) is 0 Å². The molecule has 0 fully saturated rings. The van der Waals surface area contributed by atoms with Crippen LogP contribution in [0, 0.1) is 52.4 Å². The van der Waals surface area contributed by atoms with Crippen LogP contribution >= 0.6 is 0 Å². The second-order valence-corrected chi connectivity index (χ2v) is 8.51. The molecule has 0 radical (unpaired) electrons. The summed E-state index contributed by atoms with van der Waals surface area (Å²) in [5.41, 5.74) is -43.0. The molecule has 0 unspecified atom stereocenters. The summed E-state index contributed by atoms with van der Waals surface area (Å²) in [5.74, 6) is -35.3.